The average Bonchev–Trinajstić information content (AvgIpc) is 2.99. The van der Waals surface area contributed by atoms with Gasteiger partial charge < -0.3 is 4.74 Å². The van der Waals surface area contributed by atoms with Crippen LogP contribution in [-0.4, -0.2) is 15.7 Å². The highest BCUT2D eigenvalue weighted by Gasteiger charge is 2.23. The van der Waals surface area contributed by atoms with E-state index in [-0.39, 0.29) is 11.4 Å². The third-order valence-electron chi connectivity index (χ3n) is 4.51. The van der Waals surface area contributed by atoms with Crippen molar-refractivity contribution in [3.63, 3.8) is 0 Å². The van der Waals surface area contributed by atoms with Gasteiger partial charge in [0.2, 0.25) is 5.88 Å². The second-order valence-electron chi connectivity index (χ2n) is 8.08. The molecule has 0 fully saturated rings. The molecule has 27 heavy (non-hydrogen) atoms. The zero-order valence-corrected chi connectivity index (χ0v) is 16.8. The van der Waals surface area contributed by atoms with E-state index in [1.165, 1.54) is 5.56 Å². The SMILES string of the molecule is Cc1ccc(C(=O)Oc2cc(C(C)(C)C)nn2-c2ccc(C)cc2C)cc1. The van der Waals surface area contributed by atoms with Crippen LogP contribution in [0.1, 0.15) is 53.5 Å². The smallest absolute Gasteiger partial charge is 0.344 e. The summed E-state index contributed by atoms with van der Waals surface area (Å²) in [6, 6.07) is 15.3. The summed E-state index contributed by atoms with van der Waals surface area (Å²) in [6.07, 6.45) is 0. The van der Waals surface area contributed by atoms with Crippen molar-refractivity contribution >= 4 is 5.97 Å². The lowest BCUT2D eigenvalue weighted by molar-refractivity contribution is 0.0723. The van der Waals surface area contributed by atoms with E-state index in [0.29, 0.717) is 11.4 Å². The molecule has 0 saturated heterocycles. The minimum atomic E-state index is -0.388. The first-order valence-corrected chi connectivity index (χ1v) is 9.12. The number of carbonyl (C=O) groups excluding carboxylic acids is 1. The molecule has 140 valence electrons. The van der Waals surface area contributed by atoms with Crippen LogP contribution in [0.3, 0.4) is 0 Å². The van der Waals surface area contributed by atoms with Crippen LogP contribution in [-0.2, 0) is 5.41 Å². The molecular weight excluding hydrogens is 336 g/mol. The van der Waals surface area contributed by atoms with E-state index in [1.54, 1.807) is 16.8 Å². The molecule has 1 aromatic heterocycles. The van der Waals surface area contributed by atoms with Gasteiger partial charge in [0.05, 0.1) is 16.9 Å². The van der Waals surface area contributed by atoms with Crippen LogP contribution in [0.2, 0.25) is 0 Å². The Morgan fingerprint density at radius 3 is 2.15 bits per heavy atom. The number of benzene rings is 2. The Hall–Kier alpha value is -2.88. The van der Waals surface area contributed by atoms with Crippen molar-refractivity contribution in [1.29, 1.82) is 0 Å². The molecule has 2 aromatic carbocycles. The zero-order chi connectivity index (χ0) is 19.8. The standard InChI is InChI=1S/C23H26N2O2/c1-15-7-10-18(11-8-15)22(26)27-21-14-20(23(4,5)6)24-25(21)19-12-9-16(2)13-17(19)3/h7-14H,1-6H3. The highest BCUT2D eigenvalue weighted by Crippen LogP contribution is 2.29. The first kappa shape index (κ1) is 18.9. The maximum absolute atomic E-state index is 12.6. The molecule has 0 radical (unpaired) electrons. The molecule has 3 aromatic rings. The molecule has 0 spiro atoms. The molecule has 0 aliphatic carbocycles. The normalized spacial score (nSPS) is 11.5. The highest BCUT2D eigenvalue weighted by atomic mass is 16.5. The van der Waals surface area contributed by atoms with Crippen LogP contribution in [0.15, 0.2) is 48.5 Å². The Morgan fingerprint density at radius 2 is 1.56 bits per heavy atom. The van der Waals surface area contributed by atoms with Gasteiger partial charge in [0.1, 0.15) is 0 Å². The van der Waals surface area contributed by atoms with Crippen LogP contribution in [0.25, 0.3) is 5.69 Å². The number of hydrogen-bond acceptors (Lipinski definition) is 3. The fourth-order valence-corrected chi connectivity index (χ4v) is 2.86. The predicted octanol–water partition coefficient (Wildman–Crippen LogP) is 5.31. The van der Waals surface area contributed by atoms with Crippen LogP contribution in [0.5, 0.6) is 5.88 Å². The Balaban J connectivity index is 2.04. The van der Waals surface area contributed by atoms with Gasteiger partial charge in [-0.05, 0) is 44.5 Å². The molecule has 0 aliphatic rings. The first-order chi connectivity index (χ1) is 12.6. The van der Waals surface area contributed by atoms with Gasteiger partial charge >= 0.3 is 5.97 Å². The summed E-state index contributed by atoms with van der Waals surface area (Å²) in [5, 5.41) is 4.74. The van der Waals surface area contributed by atoms with E-state index in [9.17, 15) is 4.79 Å². The quantitative estimate of drug-likeness (QED) is 0.593. The van der Waals surface area contributed by atoms with Gasteiger partial charge in [-0.15, -0.1) is 0 Å². The van der Waals surface area contributed by atoms with E-state index in [0.717, 1.165) is 22.5 Å². The number of aromatic nitrogens is 2. The van der Waals surface area contributed by atoms with Crippen molar-refractivity contribution in [3.05, 3.63) is 76.5 Å². The molecule has 0 N–H and O–H groups in total. The van der Waals surface area contributed by atoms with Crippen molar-refractivity contribution in [1.82, 2.24) is 9.78 Å². The first-order valence-electron chi connectivity index (χ1n) is 9.12. The third-order valence-corrected chi connectivity index (χ3v) is 4.51. The van der Waals surface area contributed by atoms with Gasteiger partial charge in [-0.3, -0.25) is 0 Å². The summed E-state index contributed by atoms with van der Waals surface area (Å²) in [5.74, 6) is 0.0406. The fraction of sp³-hybridized carbons (Fsp3) is 0.304. The summed E-state index contributed by atoms with van der Waals surface area (Å²) in [7, 11) is 0. The number of carbonyl (C=O) groups is 1. The van der Waals surface area contributed by atoms with E-state index in [2.05, 4.69) is 33.8 Å². The summed E-state index contributed by atoms with van der Waals surface area (Å²) >= 11 is 0. The Bertz CT molecular complexity index is 977. The molecule has 0 saturated carbocycles. The number of esters is 1. The number of rotatable bonds is 3. The Labute approximate surface area is 160 Å². The lowest BCUT2D eigenvalue weighted by Gasteiger charge is -2.14. The second kappa shape index (κ2) is 7.03. The maximum atomic E-state index is 12.6. The molecular formula is C23H26N2O2. The van der Waals surface area contributed by atoms with Gasteiger partial charge in [-0.2, -0.15) is 5.10 Å². The van der Waals surface area contributed by atoms with Crippen LogP contribution >= 0.6 is 0 Å². The molecule has 0 bridgehead atoms. The number of hydrogen-bond donors (Lipinski definition) is 0. The molecule has 1 heterocycles. The monoisotopic (exact) mass is 362 g/mol. The van der Waals surface area contributed by atoms with Gasteiger partial charge in [0.25, 0.3) is 0 Å². The minimum Gasteiger partial charge on any atom is -0.404 e. The number of ether oxygens (including phenoxy) is 1. The van der Waals surface area contributed by atoms with Crippen molar-refractivity contribution in [2.45, 2.75) is 47.0 Å². The van der Waals surface area contributed by atoms with Crippen molar-refractivity contribution in [2.24, 2.45) is 0 Å². The molecule has 4 heteroatoms. The highest BCUT2D eigenvalue weighted by molar-refractivity contribution is 5.91. The molecule has 4 nitrogen and oxygen atoms in total. The summed E-state index contributed by atoms with van der Waals surface area (Å²) in [6.45, 7) is 12.3. The largest absolute Gasteiger partial charge is 0.404 e. The maximum Gasteiger partial charge on any atom is 0.344 e. The van der Waals surface area contributed by atoms with E-state index in [1.807, 2.05) is 44.2 Å². The third kappa shape index (κ3) is 4.11. The van der Waals surface area contributed by atoms with Crippen LogP contribution in [0.4, 0.5) is 0 Å². The predicted molar refractivity (Wildman–Crippen MR) is 108 cm³/mol. The van der Waals surface area contributed by atoms with Crippen LogP contribution in [0, 0.1) is 20.8 Å². The lowest BCUT2D eigenvalue weighted by atomic mass is 9.93. The number of aryl methyl sites for hydroxylation is 3. The van der Waals surface area contributed by atoms with E-state index >= 15 is 0 Å². The Morgan fingerprint density at radius 1 is 0.926 bits per heavy atom. The lowest BCUT2D eigenvalue weighted by Crippen LogP contribution is -2.13. The second-order valence-corrected chi connectivity index (χ2v) is 8.08. The summed E-state index contributed by atoms with van der Waals surface area (Å²) < 4.78 is 7.47. The Kier molecular flexibility index (Phi) is 4.92. The number of nitrogens with zero attached hydrogens (tertiary/aromatic N) is 2. The molecule has 3 rings (SSSR count). The van der Waals surface area contributed by atoms with E-state index in [4.69, 9.17) is 9.84 Å². The molecule has 0 atom stereocenters. The van der Waals surface area contributed by atoms with Gasteiger partial charge in [0.15, 0.2) is 0 Å². The van der Waals surface area contributed by atoms with Gasteiger partial charge in [0, 0.05) is 11.5 Å². The van der Waals surface area contributed by atoms with Crippen LogP contribution < -0.4 is 4.74 Å². The van der Waals surface area contributed by atoms with Gasteiger partial charge in [-0.1, -0.05) is 56.2 Å². The van der Waals surface area contributed by atoms with Gasteiger partial charge in [-0.25, -0.2) is 9.48 Å². The zero-order valence-electron chi connectivity index (χ0n) is 16.8. The average molecular weight is 362 g/mol. The summed E-state index contributed by atoms with van der Waals surface area (Å²) in [5.41, 5.74) is 5.49. The van der Waals surface area contributed by atoms with Crippen molar-refractivity contribution in [3.8, 4) is 11.6 Å². The van der Waals surface area contributed by atoms with E-state index < -0.39 is 0 Å². The topological polar surface area (TPSA) is 44.1 Å². The molecule has 0 amide bonds. The minimum absolute atomic E-state index is 0.158. The fourth-order valence-electron chi connectivity index (χ4n) is 2.86. The molecule has 0 unspecified atom stereocenters. The van der Waals surface area contributed by atoms with Crippen molar-refractivity contribution < 1.29 is 9.53 Å². The van der Waals surface area contributed by atoms with Crippen molar-refractivity contribution in [2.75, 3.05) is 0 Å². The summed E-state index contributed by atoms with van der Waals surface area (Å²) in [4.78, 5) is 12.6. The molecule has 0 aliphatic heterocycles.